The molecule has 3 aromatic rings. The number of benzene rings is 2. The quantitative estimate of drug-likeness (QED) is 0.0770. The third-order valence-electron chi connectivity index (χ3n) is 7.22. The van der Waals surface area contributed by atoms with Crippen molar-refractivity contribution < 1.29 is 33.8 Å². The van der Waals surface area contributed by atoms with E-state index < -0.39 is 29.2 Å². The van der Waals surface area contributed by atoms with Gasteiger partial charge in [-0.05, 0) is 64.4 Å². The molecule has 238 valence electrons. The smallest absolute Gasteiger partial charge is 0.337 e. The minimum Gasteiger partial charge on any atom is -0.490 e. The van der Waals surface area contributed by atoms with Crippen LogP contribution in [0.15, 0.2) is 58.8 Å². The second-order valence-electron chi connectivity index (χ2n) is 10.3. The van der Waals surface area contributed by atoms with Crippen molar-refractivity contribution in [2.45, 2.75) is 46.9 Å². The number of nitrogens with one attached hydrogen (secondary N) is 3. The number of esters is 1. The van der Waals surface area contributed by atoms with E-state index in [1.807, 2.05) is 30.5 Å². The summed E-state index contributed by atoms with van der Waals surface area (Å²) in [5.74, 6) is 0.102. The lowest BCUT2D eigenvalue weighted by atomic mass is 9.95. The monoisotopic (exact) mass is 620 g/mol. The largest absolute Gasteiger partial charge is 0.490 e. The van der Waals surface area contributed by atoms with Crippen molar-refractivity contribution in [3.8, 4) is 17.2 Å². The van der Waals surface area contributed by atoms with E-state index >= 15 is 0 Å². The number of methoxy groups -OCH3 is 1. The molecule has 2 aromatic carbocycles. The molecule has 1 aliphatic heterocycles. The Kier molecular flexibility index (Phi) is 10.1. The summed E-state index contributed by atoms with van der Waals surface area (Å²) in [6, 6.07) is 10.7. The van der Waals surface area contributed by atoms with Crippen LogP contribution in [-0.2, 0) is 9.53 Å². The van der Waals surface area contributed by atoms with Crippen LogP contribution in [-0.4, -0.2) is 59.4 Å². The maximum absolute atomic E-state index is 12.4. The molecule has 4 N–H and O–H groups in total. The molecule has 0 bridgehead atoms. The van der Waals surface area contributed by atoms with E-state index in [4.69, 9.17) is 14.2 Å². The number of aromatic nitrogens is 1. The minimum absolute atomic E-state index is 0.0399. The molecule has 0 aliphatic carbocycles. The molecule has 4 rings (SSSR count). The zero-order valence-electron chi connectivity index (χ0n) is 25.8. The van der Waals surface area contributed by atoms with Crippen LogP contribution >= 0.6 is 0 Å². The highest BCUT2D eigenvalue weighted by Crippen LogP contribution is 2.35. The van der Waals surface area contributed by atoms with Crippen LogP contribution in [0.5, 0.6) is 11.5 Å². The Morgan fingerprint density at radius 1 is 1.16 bits per heavy atom. The molecule has 45 heavy (non-hydrogen) atoms. The van der Waals surface area contributed by atoms with Crippen LogP contribution in [0.1, 0.15) is 48.0 Å². The molecule has 0 saturated heterocycles. The first kappa shape index (κ1) is 32.5. The Hall–Kier alpha value is -5.37. The summed E-state index contributed by atoms with van der Waals surface area (Å²) in [6.07, 6.45) is 0.367. The van der Waals surface area contributed by atoms with E-state index in [1.165, 1.54) is 13.2 Å². The number of aliphatic hydroxyl groups is 1. The average molecular weight is 621 g/mol. The predicted molar refractivity (Wildman–Crippen MR) is 166 cm³/mol. The molecule has 2 amide bonds. The van der Waals surface area contributed by atoms with E-state index in [9.17, 15) is 24.8 Å². The van der Waals surface area contributed by atoms with Crippen molar-refractivity contribution in [3.05, 3.63) is 91.9 Å². The van der Waals surface area contributed by atoms with Gasteiger partial charge in [-0.2, -0.15) is 5.10 Å². The number of allylic oxidation sites excluding steroid dienone is 1. The summed E-state index contributed by atoms with van der Waals surface area (Å²) in [6.45, 7) is 9.01. The van der Waals surface area contributed by atoms with Crippen LogP contribution in [0.2, 0.25) is 0 Å². The highest BCUT2D eigenvalue weighted by molar-refractivity contribution is 5.95. The van der Waals surface area contributed by atoms with Gasteiger partial charge in [0.2, 0.25) is 0 Å². The lowest BCUT2D eigenvalue weighted by Crippen LogP contribution is -2.45. The first-order valence-electron chi connectivity index (χ1n) is 14.1. The molecule has 0 unspecified atom stereocenters. The molecular weight excluding hydrogens is 584 g/mol. The van der Waals surface area contributed by atoms with E-state index in [0.717, 1.165) is 17.0 Å². The van der Waals surface area contributed by atoms with Crippen molar-refractivity contribution in [1.82, 2.24) is 20.6 Å². The van der Waals surface area contributed by atoms with Gasteiger partial charge < -0.3 is 34.5 Å². The lowest BCUT2D eigenvalue weighted by molar-refractivity contribution is -0.385. The number of carbonyl (C=O) groups excluding carboxylic acids is 2. The third-order valence-corrected chi connectivity index (χ3v) is 7.22. The molecule has 1 aliphatic rings. The maximum atomic E-state index is 12.4. The van der Waals surface area contributed by atoms with Crippen LogP contribution in [0.4, 0.5) is 10.5 Å². The van der Waals surface area contributed by atoms with Gasteiger partial charge in [-0.1, -0.05) is 12.1 Å². The van der Waals surface area contributed by atoms with Crippen molar-refractivity contribution in [1.29, 1.82) is 0 Å². The number of urea groups is 1. The number of nitro benzene ring substituents is 1. The lowest BCUT2D eigenvalue weighted by Gasteiger charge is -2.28. The number of hydrogen-bond acceptors (Lipinski definition) is 10. The summed E-state index contributed by atoms with van der Waals surface area (Å²) in [4.78, 5) is 35.6. The van der Waals surface area contributed by atoms with Gasteiger partial charge in [-0.15, -0.1) is 0 Å². The number of ether oxygens (including phenoxy) is 3. The molecule has 2 heterocycles. The Morgan fingerprint density at radius 3 is 2.60 bits per heavy atom. The zero-order valence-corrected chi connectivity index (χ0v) is 25.8. The van der Waals surface area contributed by atoms with Crippen molar-refractivity contribution in [2.75, 3.05) is 20.3 Å². The molecule has 14 heteroatoms. The van der Waals surface area contributed by atoms with Gasteiger partial charge in [0, 0.05) is 34.3 Å². The van der Waals surface area contributed by atoms with Crippen molar-refractivity contribution >= 4 is 23.9 Å². The predicted octanol–water partition coefficient (Wildman–Crippen LogP) is 3.83. The number of aryl methyl sites for hydroxylation is 2. The fourth-order valence-electron chi connectivity index (χ4n) is 5.06. The fourth-order valence-corrected chi connectivity index (χ4v) is 5.06. The first-order valence-corrected chi connectivity index (χ1v) is 14.1. The third kappa shape index (κ3) is 7.24. The summed E-state index contributed by atoms with van der Waals surface area (Å²) in [5.41, 5.74) is 7.54. The second kappa shape index (κ2) is 13.9. The number of hydrazone groups is 1. The molecule has 0 saturated carbocycles. The van der Waals surface area contributed by atoms with E-state index in [0.29, 0.717) is 40.6 Å². The normalized spacial score (nSPS) is 15.4. The van der Waals surface area contributed by atoms with Crippen molar-refractivity contribution in [2.24, 2.45) is 5.10 Å². The Balaban J connectivity index is 1.44. The second-order valence-corrected chi connectivity index (χ2v) is 10.3. The van der Waals surface area contributed by atoms with E-state index in [2.05, 4.69) is 21.2 Å². The maximum Gasteiger partial charge on any atom is 0.337 e. The van der Waals surface area contributed by atoms with Gasteiger partial charge in [0.15, 0.2) is 17.7 Å². The first-order chi connectivity index (χ1) is 21.4. The number of amides is 2. The molecule has 2 atom stereocenters. The van der Waals surface area contributed by atoms with Gasteiger partial charge in [0.1, 0.15) is 6.61 Å². The van der Waals surface area contributed by atoms with Gasteiger partial charge >= 0.3 is 12.0 Å². The molecule has 0 radical (unpaired) electrons. The Labute approximate surface area is 259 Å². The van der Waals surface area contributed by atoms with Crippen LogP contribution in [0, 0.1) is 30.9 Å². The molecule has 1 aromatic heterocycles. The van der Waals surface area contributed by atoms with Crippen molar-refractivity contribution in [3.63, 3.8) is 0 Å². The highest BCUT2D eigenvalue weighted by Gasteiger charge is 2.32. The van der Waals surface area contributed by atoms with E-state index in [-0.39, 0.29) is 17.9 Å². The Morgan fingerprint density at radius 2 is 1.91 bits per heavy atom. The fraction of sp³-hybridized carbons (Fsp3) is 0.323. The summed E-state index contributed by atoms with van der Waals surface area (Å²) < 4.78 is 18.4. The number of rotatable bonds is 12. The molecular formula is C31H36N6O8. The average Bonchev–Trinajstić information content (AvgIpc) is 3.28. The number of carbonyl (C=O) groups is 2. The van der Waals surface area contributed by atoms with Gasteiger partial charge in [-0.25, -0.2) is 9.59 Å². The number of hydrogen-bond donors (Lipinski definition) is 4. The summed E-state index contributed by atoms with van der Waals surface area (Å²) >= 11 is 0. The highest BCUT2D eigenvalue weighted by atomic mass is 16.6. The molecule has 0 fully saturated rings. The summed E-state index contributed by atoms with van der Waals surface area (Å²) in [5, 5.41) is 31.4. The molecule has 0 spiro atoms. The zero-order chi connectivity index (χ0) is 32.8. The Bertz CT molecular complexity index is 1680. The minimum atomic E-state index is -1.18. The SMILES string of the molecule is CCOc1cc([C@@H]2NC(=O)NC(C)=C2C(=O)OC)ccc1OC[C@H](O)N/N=C\c1cc(C)n(-c2ccc(C)c([N+](=O)[O-])c2)c1C. The standard InChI is InChI=1S/C31H36N6O8/c1-7-44-26-13-21(29-28(30(39)43-6)19(4)33-31(40)34-29)9-11-25(26)45-16-27(38)35-32-15-22-12-18(3)36(20(22)5)23-10-8-17(2)24(14-23)37(41)42/h8-15,27,29,35,38H,7,16H2,1-6H3,(H2,33,34,40)/b32-15-/t27-,29-/m0/s1. The van der Waals surface area contributed by atoms with Gasteiger partial charge in [-0.3, -0.25) is 15.5 Å². The molecule has 14 nitrogen and oxygen atoms in total. The van der Waals surface area contributed by atoms with Crippen LogP contribution in [0.25, 0.3) is 5.69 Å². The van der Waals surface area contributed by atoms with Gasteiger partial charge in [0.05, 0.1) is 42.2 Å². The number of nitro groups is 1. The summed E-state index contributed by atoms with van der Waals surface area (Å²) in [7, 11) is 1.27. The van der Waals surface area contributed by atoms with Gasteiger partial charge in [0.25, 0.3) is 5.69 Å². The van der Waals surface area contributed by atoms with E-state index in [1.54, 1.807) is 51.3 Å². The number of aliphatic hydroxyl groups excluding tert-OH is 1. The topological polar surface area (TPSA) is 179 Å². The number of nitrogens with zero attached hydrogens (tertiary/aromatic N) is 3. The van der Waals surface area contributed by atoms with Crippen LogP contribution < -0.4 is 25.5 Å². The van der Waals surface area contributed by atoms with Crippen LogP contribution in [0.3, 0.4) is 0 Å².